The Bertz CT molecular complexity index is 860. The standard InChI is InChI=1S/C18H20N2O5/c1-18(2,3)25-17(22)20-9-8-11-12(6-5-7-14(11)20)15-19-13(10-24-15)16(21)23-4/h5-9,13H,10H2,1-4H3/t13-/m0/s1. The molecule has 0 aliphatic carbocycles. The van der Waals surface area contributed by atoms with Crippen molar-refractivity contribution in [2.45, 2.75) is 32.4 Å². The normalized spacial score (nSPS) is 17.1. The zero-order valence-electron chi connectivity index (χ0n) is 14.6. The quantitative estimate of drug-likeness (QED) is 0.783. The van der Waals surface area contributed by atoms with E-state index in [2.05, 4.69) is 4.99 Å². The largest absolute Gasteiger partial charge is 0.475 e. The van der Waals surface area contributed by atoms with Crippen LogP contribution < -0.4 is 0 Å². The van der Waals surface area contributed by atoms with Crippen LogP contribution in [-0.2, 0) is 19.0 Å². The van der Waals surface area contributed by atoms with E-state index in [-0.39, 0.29) is 6.61 Å². The number of esters is 1. The number of benzene rings is 1. The van der Waals surface area contributed by atoms with Gasteiger partial charge in [-0.05, 0) is 39.0 Å². The average molecular weight is 344 g/mol. The fourth-order valence-corrected chi connectivity index (χ4v) is 2.60. The van der Waals surface area contributed by atoms with Gasteiger partial charge in [-0.15, -0.1) is 0 Å². The van der Waals surface area contributed by atoms with Gasteiger partial charge in [-0.25, -0.2) is 14.6 Å². The summed E-state index contributed by atoms with van der Waals surface area (Å²) in [7, 11) is 1.32. The van der Waals surface area contributed by atoms with E-state index in [1.54, 1.807) is 18.3 Å². The molecule has 2 heterocycles. The second kappa shape index (κ2) is 6.23. The molecule has 0 radical (unpaired) electrons. The van der Waals surface area contributed by atoms with Gasteiger partial charge in [0.2, 0.25) is 5.90 Å². The molecule has 0 saturated heterocycles. The van der Waals surface area contributed by atoms with Gasteiger partial charge < -0.3 is 14.2 Å². The molecule has 7 heteroatoms. The number of aromatic nitrogens is 1. The molecule has 3 rings (SSSR count). The van der Waals surface area contributed by atoms with Gasteiger partial charge in [0.25, 0.3) is 0 Å². The fourth-order valence-electron chi connectivity index (χ4n) is 2.60. The minimum absolute atomic E-state index is 0.144. The molecular formula is C18H20N2O5. The van der Waals surface area contributed by atoms with Crippen molar-refractivity contribution in [1.29, 1.82) is 0 Å². The highest BCUT2D eigenvalue weighted by Gasteiger charge is 2.28. The van der Waals surface area contributed by atoms with Crippen LogP contribution in [0.4, 0.5) is 4.79 Å². The summed E-state index contributed by atoms with van der Waals surface area (Å²) in [5, 5.41) is 0.789. The van der Waals surface area contributed by atoms with Gasteiger partial charge in [0.1, 0.15) is 12.2 Å². The van der Waals surface area contributed by atoms with Crippen LogP contribution in [0.25, 0.3) is 10.9 Å². The molecule has 7 nitrogen and oxygen atoms in total. The van der Waals surface area contributed by atoms with Crippen LogP contribution in [0.15, 0.2) is 35.5 Å². The molecule has 25 heavy (non-hydrogen) atoms. The van der Waals surface area contributed by atoms with Gasteiger partial charge >= 0.3 is 12.1 Å². The zero-order valence-corrected chi connectivity index (χ0v) is 14.6. The maximum absolute atomic E-state index is 12.4. The predicted molar refractivity (Wildman–Crippen MR) is 91.9 cm³/mol. The third-order valence-electron chi connectivity index (χ3n) is 3.68. The lowest BCUT2D eigenvalue weighted by Gasteiger charge is -2.19. The van der Waals surface area contributed by atoms with Crippen LogP contribution >= 0.6 is 0 Å². The van der Waals surface area contributed by atoms with Crippen molar-refractivity contribution in [2.24, 2.45) is 4.99 Å². The van der Waals surface area contributed by atoms with Crippen molar-refractivity contribution < 1.29 is 23.8 Å². The third kappa shape index (κ3) is 3.35. The molecule has 132 valence electrons. The Morgan fingerprint density at radius 3 is 2.72 bits per heavy atom. The molecule has 0 saturated carbocycles. The lowest BCUT2D eigenvalue weighted by molar-refractivity contribution is -0.142. The van der Waals surface area contributed by atoms with Gasteiger partial charge in [0, 0.05) is 17.1 Å². The number of nitrogens with zero attached hydrogens (tertiary/aromatic N) is 2. The fraction of sp³-hybridized carbons (Fsp3) is 0.389. The Morgan fingerprint density at radius 1 is 1.28 bits per heavy atom. The summed E-state index contributed by atoms with van der Waals surface area (Å²) in [4.78, 5) is 28.3. The van der Waals surface area contributed by atoms with Crippen LogP contribution in [0.3, 0.4) is 0 Å². The van der Waals surface area contributed by atoms with E-state index in [1.807, 2.05) is 32.9 Å². The molecule has 1 aromatic heterocycles. The Kier molecular flexibility index (Phi) is 4.24. The number of methoxy groups -OCH3 is 1. The van der Waals surface area contributed by atoms with E-state index >= 15 is 0 Å². The molecule has 0 amide bonds. The van der Waals surface area contributed by atoms with Crippen molar-refractivity contribution >= 4 is 28.9 Å². The molecule has 0 unspecified atom stereocenters. The third-order valence-corrected chi connectivity index (χ3v) is 3.68. The molecule has 0 spiro atoms. The molecule has 2 aromatic rings. The summed E-state index contributed by atoms with van der Waals surface area (Å²) in [5.74, 6) is -0.0727. The van der Waals surface area contributed by atoms with Crippen molar-refractivity contribution in [3.8, 4) is 0 Å². The molecular weight excluding hydrogens is 324 g/mol. The first-order valence-electron chi connectivity index (χ1n) is 7.92. The minimum Gasteiger partial charge on any atom is -0.475 e. The monoisotopic (exact) mass is 344 g/mol. The molecule has 0 fully saturated rings. The number of carbonyl (C=O) groups excluding carboxylic acids is 2. The van der Waals surface area contributed by atoms with Crippen LogP contribution in [-0.4, -0.2) is 47.9 Å². The topological polar surface area (TPSA) is 79.1 Å². The lowest BCUT2D eigenvalue weighted by atomic mass is 10.1. The van der Waals surface area contributed by atoms with Crippen LogP contribution in [0.5, 0.6) is 0 Å². The van der Waals surface area contributed by atoms with Gasteiger partial charge in [-0.1, -0.05) is 6.07 Å². The lowest BCUT2D eigenvalue weighted by Crippen LogP contribution is -2.26. The molecule has 0 N–H and O–H groups in total. The molecule has 1 atom stereocenters. The second-order valence-corrected chi connectivity index (χ2v) is 6.69. The second-order valence-electron chi connectivity index (χ2n) is 6.69. The summed E-state index contributed by atoms with van der Waals surface area (Å²) in [6.45, 7) is 5.59. The summed E-state index contributed by atoms with van der Waals surface area (Å²) in [6.07, 6.45) is 1.19. The van der Waals surface area contributed by atoms with E-state index in [1.165, 1.54) is 11.7 Å². The van der Waals surface area contributed by atoms with Crippen molar-refractivity contribution in [1.82, 2.24) is 4.57 Å². The molecule has 0 bridgehead atoms. The number of hydrogen-bond acceptors (Lipinski definition) is 6. The average Bonchev–Trinajstić information content (AvgIpc) is 3.19. The van der Waals surface area contributed by atoms with Crippen molar-refractivity contribution in [2.75, 3.05) is 13.7 Å². The van der Waals surface area contributed by atoms with Crippen LogP contribution in [0.1, 0.15) is 26.3 Å². The SMILES string of the molecule is COC(=O)[C@@H]1COC(c2cccc3c2ccn3C(=O)OC(C)(C)C)=N1. The first kappa shape index (κ1) is 17.0. The molecule has 1 aliphatic heterocycles. The number of rotatable bonds is 2. The highest BCUT2D eigenvalue weighted by Crippen LogP contribution is 2.24. The van der Waals surface area contributed by atoms with Crippen LogP contribution in [0, 0.1) is 0 Å². The van der Waals surface area contributed by atoms with Crippen molar-refractivity contribution in [3.63, 3.8) is 0 Å². The Labute approximate surface area is 145 Å². The Balaban J connectivity index is 1.97. The molecule has 1 aromatic carbocycles. The highest BCUT2D eigenvalue weighted by atomic mass is 16.6. The predicted octanol–water partition coefficient (Wildman–Crippen LogP) is 2.74. The Morgan fingerprint density at radius 2 is 2.04 bits per heavy atom. The smallest absolute Gasteiger partial charge is 0.418 e. The molecule has 1 aliphatic rings. The first-order valence-corrected chi connectivity index (χ1v) is 7.92. The van der Waals surface area contributed by atoms with E-state index in [0.717, 1.165) is 5.39 Å². The number of hydrogen-bond donors (Lipinski definition) is 0. The first-order chi connectivity index (χ1) is 11.8. The van der Waals surface area contributed by atoms with Crippen LogP contribution in [0.2, 0.25) is 0 Å². The highest BCUT2D eigenvalue weighted by molar-refractivity contribution is 6.09. The van der Waals surface area contributed by atoms with Crippen molar-refractivity contribution in [3.05, 3.63) is 36.0 Å². The number of aliphatic imine (C=N–C) groups is 1. The summed E-state index contributed by atoms with van der Waals surface area (Å²) in [5.41, 5.74) is 0.809. The van der Waals surface area contributed by atoms with Gasteiger partial charge in [-0.3, -0.25) is 4.57 Å². The van der Waals surface area contributed by atoms with Gasteiger partial charge in [0.05, 0.1) is 12.6 Å². The maximum atomic E-state index is 12.4. The minimum atomic E-state index is -0.664. The van der Waals surface area contributed by atoms with E-state index < -0.39 is 23.7 Å². The summed E-state index contributed by atoms with van der Waals surface area (Å²) < 4.78 is 17.1. The van der Waals surface area contributed by atoms with Gasteiger partial charge in [0.15, 0.2) is 6.04 Å². The number of fused-ring (bicyclic) bond motifs is 1. The summed E-state index contributed by atoms with van der Waals surface area (Å²) >= 11 is 0. The number of ether oxygens (including phenoxy) is 3. The maximum Gasteiger partial charge on any atom is 0.418 e. The summed E-state index contributed by atoms with van der Waals surface area (Å²) in [6, 6.07) is 6.58. The van der Waals surface area contributed by atoms with E-state index in [0.29, 0.717) is 17.0 Å². The number of carbonyl (C=O) groups is 2. The zero-order chi connectivity index (χ0) is 18.2. The van der Waals surface area contributed by atoms with Gasteiger partial charge in [-0.2, -0.15) is 0 Å². The Hall–Kier alpha value is -2.83. The van der Waals surface area contributed by atoms with E-state index in [4.69, 9.17) is 14.2 Å². The van der Waals surface area contributed by atoms with E-state index in [9.17, 15) is 9.59 Å².